The number of hydrogen-bond acceptors (Lipinski definition) is 5. The molecule has 2 N–H and O–H groups in total. The smallest absolute Gasteiger partial charge is 0.315 e. The van der Waals surface area contributed by atoms with Gasteiger partial charge >= 0.3 is 6.03 Å². The van der Waals surface area contributed by atoms with E-state index in [-0.39, 0.29) is 17.5 Å². The Hall–Kier alpha value is -3.10. The zero-order valence-electron chi connectivity index (χ0n) is 22.1. The summed E-state index contributed by atoms with van der Waals surface area (Å²) < 4.78 is 11.3. The van der Waals surface area contributed by atoms with Crippen molar-refractivity contribution in [3.05, 3.63) is 59.7 Å². The Bertz CT molecular complexity index is 1100. The molecule has 8 heteroatoms. The molecule has 2 aromatic carbocycles. The Balaban J connectivity index is 1.16. The number of urea groups is 1. The number of benzene rings is 2. The Morgan fingerprint density at radius 2 is 1.54 bits per heavy atom. The third-order valence-electron chi connectivity index (χ3n) is 8.08. The van der Waals surface area contributed by atoms with Crippen molar-refractivity contribution in [2.24, 2.45) is 5.92 Å². The molecule has 4 heterocycles. The summed E-state index contributed by atoms with van der Waals surface area (Å²) in [6, 6.07) is 14.8. The molecule has 4 aliphatic heterocycles. The maximum absolute atomic E-state index is 13.0. The molecule has 4 saturated heterocycles. The first-order valence-corrected chi connectivity index (χ1v) is 13.3. The highest BCUT2D eigenvalue weighted by Crippen LogP contribution is 2.35. The Labute approximate surface area is 219 Å². The van der Waals surface area contributed by atoms with Crippen molar-refractivity contribution < 1.29 is 19.1 Å². The fourth-order valence-corrected chi connectivity index (χ4v) is 5.80. The summed E-state index contributed by atoms with van der Waals surface area (Å²) >= 11 is 0. The number of piperidine rings is 3. The van der Waals surface area contributed by atoms with E-state index in [1.165, 1.54) is 0 Å². The standard InChI is InChI=1S/C29H38N4O4/c1-28(2,30-27(35)31-29(3)20-32-14-12-23(29)13-15-32)22-6-10-25(11-7-22)37-24-8-4-21(5-9-24)26(34)33-16-18-36-19-17-33/h4-11,23H,12-20H2,1-3H3,(H2,30,31,35). The Kier molecular flexibility index (Phi) is 7.14. The van der Waals surface area contributed by atoms with Gasteiger partial charge in [0.2, 0.25) is 0 Å². The first-order valence-electron chi connectivity index (χ1n) is 13.3. The van der Waals surface area contributed by atoms with E-state index in [4.69, 9.17) is 9.47 Å². The molecule has 8 nitrogen and oxygen atoms in total. The Morgan fingerprint density at radius 3 is 2.11 bits per heavy atom. The molecule has 3 amide bonds. The summed E-state index contributed by atoms with van der Waals surface area (Å²) in [4.78, 5) is 29.9. The number of nitrogens with zero attached hydrogens (tertiary/aromatic N) is 2. The Morgan fingerprint density at radius 1 is 0.946 bits per heavy atom. The number of rotatable bonds is 6. The van der Waals surface area contributed by atoms with Crippen LogP contribution in [0.1, 0.15) is 49.5 Å². The fourth-order valence-electron chi connectivity index (χ4n) is 5.80. The highest BCUT2D eigenvalue weighted by Gasteiger charge is 2.44. The monoisotopic (exact) mass is 506 g/mol. The molecular weight excluding hydrogens is 468 g/mol. The maximum Gasteiger partial charge on any atom is 0.315 e. The molecule has 198 valence electrons. The SMILES string of the molecule is CC(C)(NC(=O)NC1(C)CN2CCC1CC2)c1ccc(Oc2ccc(C(=O)N3CCOCC3)cc2)cc1. The van der Waals surface area contributed by atoms with Crippen molar-refractivity contribution in [2.45, 2.75) is 44.7 Å². The average molecular weight is 507 g/mol. The van der Waals surface area contributed by atoms with E-state index < -0.39 is 5.54 Å². The van der Waals surface area contributed by atoms with Crippen molar-refractivity contribution in [1.29, 1.82) is 0 Å². The number of ether oxygens (including phenoxy) is 2. The molecule has 0 radical (unpaired) electrons. The van der Waals surface area contributed by atoms with E-state index in [1.807, 2.05) is 55.1 Å². The maximum atomic E-state index is 13.0. The first-order chi connectivity index (χ1) is 17.7. The van der Waals surface area contributed by atoms with E-state index in [0.717, 1.165) is 38.0 Å². The molecule has 0 aliphatic carbocycles. The molecule has 37 heavy (non-hydrogen) atoms. The lowest BCUT2D eigenvalue weighted by Crippen LogP contribution is -2.67. The average Bonchev–Trinajstić information content (AvgIpc) is 2.89. The predicted octanol–water partition coefficient (Wildman–Crippen LogP) is 3.97. The van der Waals surface area contributed by atoms with E-state index in [2.05, 4.69) is 22.5 Å². The van der Waals surface area contributed by atoms with E-state index >= 15 is 0 Å². The first kappa shape index (κ1) is 25.5. The van der Waals surface area contributed by atoms with Gasteiger partial charge in [-0.15, -0.1) is 0 Å². The van der Waals surface area contributed by atoms with E-state index in [1.54, 1.807) is 12.1 Å². The minimum atomic E-state index is -0.547. The lowest BCUT2D eigenvalue weighted by atomic mass is 9.74. The summed E-state index contributed by atoms with van der Waals surface area (Å²) in [5, 5.41) is 6.44. The van der Waals surface area contributed by atoms with Crippen LogP contribution in [0, 0.1) is 5.92 Å². The normalized spacial score (nSPS) is 25.4. The van der Waals surface area contributed by atoms with Gasteiger partial charge in [0, 0.05) is 25.2 Å². The van der Waals surface area contributed by atoms with Gasteiger partial charge in [-0.3, -0.25) is 4.79 Å². The van der Waals surface area contributed by atoms with Crippen LogP contribution >= 0.6 is 0 Å². The second-order valence-corrected chi connectivity index (χ2v) is 11.2. The molecule has 1 atom stereocenters. The molecule has 6 rings (SSSR count). The van der Waals surface area contributed by atoms with Gasteiger partial charge in [0.05, 0.1) is 24.3 Å². The van der Waals surface area contributed by atoms with Crippen LogP contribution < -0.4 is 15.4 Å². The minimum absolute atomic E-state index is 0.0143. The van der Waals surface area contributed by atoms with Crippen LogP contribution in [0.5, 0.6) is 11.5 Å². The number of carbonyl (C=O) groups excluding carboxylic acids is 2. The largest absolute Gasteiger partial charge is 0.457 e. The van der Waals surface area contributed by atoms with Crippen molar-refractivity contribution in [3.63, 3.8) is 0 Å². The highest BCUT2D eigenvalue weighted by molar-refractivity contribution is 5.94. The minimum Gasteiger partial charge on any atom is -0.457 e. The van der Waals surface area contributed by atoms with Crippen LogP contribution in [0.15, 0.2) is 48.5 Å². The number of carbonyl (C=O) groups is 2. The van der Waals surface area contributed by atoms with Gasteiger partial charge in [0.25, 0.3) is 5.91 Å². The van der Waals surface area contributed by atoms with Crippen LogP contribution in [-0.4, -0.2) is 73.2 Å². The zero-order valence-corrected chi connectivity index (χ0v) is 22.1. The third-order valence-corrected chi connectivity index (χ3v) is 8.08. The van der Waals surface area contributed by atoms with Gasteiger partial charge in [-0.25, -0.2) is 4.79 Å². The molecule has 4 fully saturated rings. The van der Waals surface area contributed by atoms with Crippen molar-refractivity contribution in [3.8, 4) is 11.5 Å². The molecular formula is C29H38N4O4. The highest BCUT2D eigenvalue weighted by atomic mass is 16.5. The molecule has 0 saturated carbocycles. The second-order valence-electron chi connectivity index (χ2n) is 11.2. The van der Waals surface area contributed by atoms with Crippen LogP contribution in [0.25, 0.3) is 0 Å². The molecule has 4 aliphatic rings. The lowest BCUT2D eigenvalue weighted by Gasteiger charge is -2.52. The van der Waals surface area contributed by atoms with Crippen molar-refractivity contribution in [2.75, 3.05) is 45.9 Å². The quantitative estimate of drug-likeness (QED) is 0.620. The van der Waals surface area contributed by atoms with Crippen LogP contribution in [0.2, 0.25) is 0 Å². The summed E-state index contributed by atoms with van der Waals surface area (Å²) in [6.45, 7) is 11.8. The number of nitrogens with one attached hydrogen (secondary N) is 2. The summed E-state index contributed by atoms with van der Waals surface area (Å²) in [5.74, 6) is 1.90. The van der Waals surface area contributed by atoms with Crippen molar-refractivity contribution in [1.82, 2.24) is 20.4 Å². The van der Waals surface area contributed by atoms with Gasteiger partial charge in [-0.05, 0) is 94.6 Å². The number of fused-ring (bicyclic) bond motifs is 3. The van der Waals surface area contributed by atoms with Gasteiger partial charge in [-0.2, -0.15) is 0 Å². The molecule has 0 aromatic heterocycles. The predicted molar refractivity (Wildman–Crippen MR) is 142 cm³/mol. The van der Waals surface area contributed by atoms with Gasteiger partial charge in [0.1, 0.15) is 11.5 Å². The molecule has 2 bridgehead atoms. The van der Waals surface area contributed by atoms with E-state index in [9.17, 15) is 9.59 Å². The van der Waals surface area contributed by atoms with E-state index in [0.29, 0.717) is 49.3 Å². The number of amides is 3. The summed E-state index contributed by atoms with van der Waals surface area (Å²) in [6.07, 6.45) is 2.29. The van der Waals surface area contributed by atoms with Crippen LogP contribution in [-0.2, 0) is 10.3 Å². The van der Waals surface area contributed by atoms with Gasteiger partial charge < -0.3 is 29.9 Å². The molecule has 0 spiro atoms. The summed E-state index contributed by atoms with van der Waals surface area (Å²) in [7, 11) is 0. The zero-order chi connectivity index (χ0) is 26.0. The van der Waals surface area contributed by atoms with Crippen molar-refractivity contribution >= 4 is 11.9 Å². The second kappa shape index (κ2) is 10.3. The topological polar surface area (TPSA) is 83.1 Å². The van der Waals surface area contributed by atoms with Gasteiger partial charge in [-0.1, -0.05) is 12.1 Å². The number of hydrogen-bond donors (Lipinski definition) is 2. The molecule has 2 aromatic rings. The number of morpholine rings is 1. The lowest BCUT2D eigenvalue weighted by molar-refractivity contribution is 0.0224. The third kappa shape index (κ3) is 5.75. The molecule has 1 unspecified atom stereocenters. The fraction of sp³-hybridized carbons (Fsp3) is 0.517. The van der Waals surface area contributed by atoms with Crippen LogP contribution in [0.4, 0.5) is 4.79 Å². The van der Waals surface area contributed by atoms with Crippen LogP contribution in [0.3, 0.4) is 0 Å². The van der Waals surface area contributed by atoms with Gasteiger partial charge in [0.15, 0.2) is 0 Å². The summed E-state index contributed by atoms with van der Waals surface area (Å²) in [5.41, 5.74) is 0.897.